The van der Waals surface area contributed by atoms with Crippen LogP contribution < -0.4 is 0 Å². The molecule has 0 atom stereocenters. The van der Waals surface area contributed by atoms with Gasteiger partial charge in [-0.15, -0.1) is 0 Å². The molecule has 1 aromatic heterocycles. The van der Waals surface area contributed by atoms with Crippen molar-refractivity contribution in [2.24, 2.45) is 0 Å². The molecule has 0 spiro atoms. The van der Waals surface area contributed by atoms with E-state index in [-0.39, 0.29) is 0 Å². The van der Waals surface area contributed by atoms with Crippen LogP contribution in [0.1, 0.15) is 25.5 Å². The lowest BCUT2D eigenvalue weighted by molar-refractivity contribution is 0.480. The summed E-state index contributed by atoms with van der Waals surface area (Å²) in [6, 6.07) is 3.72. The highest BCUT2D eigenvalue weighted by atomic mass is 16.3. The first-order valence-electron chi connectivity index (χ1n) is 2.76. The molecule has 1 nitrogen and oxygen atoms in total. The first-order valence-corrected chi connectivity index (χ1v) is 2.76. The molecule has 0 saturated heterocycles. The highest BCUT2D eigenvalue weighted by Crippen LogP contribution is 2.12. The normalized spacial score (nSPS) is 10.4. The van der Waals surface area contributed by atoms with Gasteiger partial charge in [0, 0.05) is 5.92 Å². The van der Waals surface area contributed by atoms with Gasteiger partial charge in [0.2, 0.25) is 0 Å². The van der Waals surface area contributed by atoms with E-state index < -0.39 is 0 Å². The zero-order chi connectivity index (χ0) is 5.98. The van der Waals surface area contributed by atoms with E-state index in [2.05, 4.69) is 20.1 Å². The van der Waals surface area contributed by atoms with Gasteiger partial charge in [-0.1, -0.05) is 13.8 Å². The Balaban J connectivity index is 2.77. The second-order valence-electron chi connectivity index (χ2n) is 2.11. The van der Waals surface area contributed by atoms with Crippen molar-refractivity contribution in [2.75, 3.05) is 0 Å². The fourth-order valence-electron chi connectivity index (χ4n) is 0.563. The predicted octanol–water partition coefficient (Wildman–Crippen LogP) is 2.20. The molecule has 0 amide bonds. The van der Waals surface area contributed by atoms with E-state index >= 15 is 0 Å². The minimum Gasteiger partial charge on any atom is -0.458 e. The number of hydrogen-bond acceptors (Lipinski definition) is 1. The van der Waals surface area contributed by atoms with Crippen LogP contribution in [-0.2, 0) is 0 Å². The second kappa shape index (κ2) is 2.03. The van der Waals surface area contributed by atoms with E-state index in [1.165, 1.54) is 0 Å². The number of furan rings is 1. The molecule has 0 unspecified atom stereocenters. The van der Waals surface area contributed by atoms with E-state index in [4.69, 9.17) is 4.42 Å². The molecule has 0 fully saturated rings. The molecule has 0 saturated carbocycles. The average molecular weight is 109 g/mol. The van der Waals surface area contributed by atoms with Gasteiger partial charge in [0.15, 0.2) is 6.26 Å². The Bertz CT molecular complexity index is 139. The van der Waals surface area contributed by atoms with Crippen molar-refractivity contribution in [3.05, 3.63) is 24.2 Å². The third-order valence-electron chi connectivity index (χ3n) is 1.06. The summed E-state index contributed by atoms with van der Waals surface area (Å²) in [7, 11) is 0. The molecule has 43 valence electrons. The van der Waals surface area contributed by atoms with Gasteiger partial charge in [-0.05, 0) is 12.1 Å². The molecule has 0 bridgehead atoms. The van der Waals surface area contributed by atoms with Crippen LogP contribution in [0.25, 0.3) is 0 Å². The Morgan fingerprint density at radius 2 is 2.38 bits per heavy atom. The van der Waals surface area contributed by atoms with E-state index in [0.29, 0.717) is 5.92 Å². The zero-order valence-corrected chi connectivity index (χ0v) is 5.14. The van der Waals surface area contributed by atoms with Crippen LogP contribution in [-0.4, -0.2) is 0 Å². The minimum atomic E-state index is 0.487. The molecule has 0 aliphatic rings. The predicted molar refractivity (Wildman–Crippen MR) is 31.6 cm³/mol. The standard InChI is InChI=1S/C7H9O/c1-6(2)7-4-3-5-8-7/h3-4,6H,1-2H3. The van der Waals surface area contributed by atoms with Gasteiger partial charge in [-0.3, -0.25) is 0 Å². The maximum Gasteiger partial charge on any atom is 0.169 e. The third kappa shape index (κ3) is 0.915. The highest BCUT2D eigenvalue weighted by Gasteiger charge is 1.98. The molecule has 0 N–H and O–H groups in total. The molecular formula is C7H9O. The van der Waals surface area contributed by atoms with Crippen LogP contribution in [0.4, 0.5) is 0 Å². The van der Waals surface area contributed by atoms with Gasteiger partial charge >= 0.3 is 0 Å². The lowest BCUT2D eigenvalue weighted by Gasteiger charge is -1.94. The van der Waals surface area contributed by atoms with Crippen LogP contribution in [0.3, 0.4) is 0 Å². The highest BCUT2D eigenvalue weighted by molar-refractivity contribution is 5.01. The Morgan fingerprint density at radius 3 is 2.62 bits per heavy atom. The molecule has 1 aromatic rings. The molecule has 0 aliphatic heterocycles. The van der Waals surface area contributed by atoms with E-state index in [1.54, 1.807) is 6.07 Å². The summed E-state index contributed by atoms with van der Waals surface area (Å²) in [4.78, 5) is 0. The van der Waals surface area contributed by atoms with Gasteiger partial charge in [0.05, 0.1) is 0 Å². The first-order chi connectivity index (χ1) is 3.80. The van der Waals surface area contributed by atoms with Gasteiger partial charge < -0.3 is 4.42 Å². The Morgan fingerprint density at radius 1 is 1.62 bits per heavy atom. The minimum absolute atomic E-state index is 0.487. The second-order valence-corrected chi connectivity index (χ2v) is 2.11. The smallest absolute Gasteiger partial charge is 0.169 e. The molecule has 1 radical (unpaired) electrons. The van der Waals surface area contributed by atoms with Crippen LogP contribution in [0.2, 0.25) is 0 Å². The fourth-order valence-corrected chi connectivity index (χ4v) is 0.563. The monoisotopic (exact) mass is 109 g/mol. The van der Waals surface area contributed by atoms with Crippen molar-refractivity contribution in [1.82, 2.24) is 0 Å². The van der Waals surface area contributed by atoms with E-state index in [1.807, 2.05) is 6.07 Å². The summed E-state index contributed by atoms with van der Waals surface area (Å²) < 4.78 is 4.97. The van der Waals surface area contributed by atoms with Crippen LogP contribution in [0.15, 0.2) is 16.5 Å². The van der Waals surface area contributed by atoms with Crippen molar-refractivity contribution in [1.29, 1.82) is 0 Å². The maximum absolute atomic E-state index is 4.97. The Hall–Kier alpha value is -0.720. The van der Waals surface area contributed by atoms with E-state index in [0.717, 1.165) is 5.76 Å². The number of hydrogen-bond donors (Lipinski definition) is 0. The number of rotatable bonds is 1. The fraction of sp³-hybridized carbons (Fsp3) is 0.429. The van der Waals surface area contributed by atoms with Gasteiger partial charge in [-0.2, -0.15) is 0 Å². The van der Waals surface area contributed by atoms with Crippen LogP contribution in [0, 0.1) is 6.26 Å². The molecule has 1 heterocycles. The van der Waals surface area contributed by atoms with Crippen LogP contribution >= 0.6 is 0 Å². The van der Waals surface area contributed by atoms with Crippen molar-refractivity contribution >= 4 is 0 Å². The lowest BCUT2D eigenvalue weighted by atomic mass is 10.2. The topological polar surface area (TPSA) is 13.1 Å². The molecule has 1 heteroatoms. The molecule has 0 aliphatic carbocycles. The summed E-state index contributed by atoms with van der Waals surface area (Å²) in [6.45, 7) is 4.18. The van der Waals surface area contributed by atoms with Gasteiger partial charge in [0.25, 0.3) is 0 Å². The van der Waals surface area contributed by atoms with Crippen molar-refractivity contribution < 1.29 is 4.42 Å². The van der Waals surface area contributed by atoms with Crippen LogP contribution in [0.5, 0.6) is 0 Å². The molecule has 0 aromatic carbocycles. The third-order valence-corrected chi connectivity index (χ3v) is 1.06. The molecule has 1 rings (SSSR count). The van der Waals surface area contributed by atoms with Crippen molar-refractivity contribution in [3.63, 3.8) is 0 Å². The van der Waals surface area contributed by atoms with Crippen molar-refractivity contribution in [3.8, 4) is 0 Å². The maximum atomic E-state index is 4.97. The summed E-state index contributed by atoms with van der Waals surface area (Å²) in [5.41, 5.74) is 0. The Kier molecular flexibility index (Phi) is 1.38. The Labute approximate surface area is 49.3 Å². The molecule has 8 heavy (non-hydrogen) atoms. The summed E-state index contributed by atoms with van der Waals surface area (Å²) in [6.07, 6.45) is 2.64. The first kappa shape index (κ1) is 5.42. The lowest BCUT2D eigenvalue weighted by Crippen LogP contribution is -1.79. The van der Waals surface area contributed by atoms with Gasteiger partial charge in [-0.25, -0.2) is 0 Å². The largest absolute Gasteiger partial charge is 0.458 e. The zero-order valence-electron chi connectivity index (χ0n) is 5.14. The quantitative estimate of drug-likeness (QED) is 0.538. The van der Waals surface area contributed by atoms with E-state index in [9.17, 15) is 0 Å². The summed E-state index contributed by atoms with van der Waals surface area (Å²) in [5.74, 6) is 1.49. The SMILES string of the molecule is CC(C)c1cc[c]o1. The summed E-state index contributed by atoms with van der Waals surface area (Å²) >= 11 is 0. The van der Waals surface area contributed by atoms with Crippen molar-refractivity contribution in [2.45, 2.75) is 19.8 Å². The summed E-state index contributed by atoms with van der Waals surface area (Å²) in [5, 5.41) is 0. The van der Waals surface area contributed by atoms with Gasteiger partial charge in [0.1, 0.15) is 5.76 Å². The average Bonchev–Trinajstić information content (AvgIpc) is 2.12. The molecular weight excluding hydrogens is 100 g/mol.